The van der Waals surface area contributed by atoms with Gasteiger partial charge in [-0.25, -0.2) is 0 Å². The van der Waals surface area contributed by atoms with Gasteiger partial charge >= 0.3 is 0 Å². The number of carbonyl (C=O) groups is 1. The van der Waals surface area contributed by atoms with E-state index in [1.54, 1.807) is 0 Å². The van der Waals surface area contributed by atoms with Crippen LogP contribution >= 0.6 is 0 Å². The van der Waals surface area contributed by atoms with E-state index in [4.69, 9.17) is 9.47 Å². The molecule has 0 N–H and O–H groups in total. The van der Waals surface area contributed by atoms with Crippen molar-refractivity contribution in [1.82, 2.24) is 0 Å². The van der Waals surface area contributed by atoms with E-state index in [1.807, 2.05) is 20.8 Å². The Morgan fingerprint density at radius 2 is 2.15 bits per heavy atom. The molecule has 0 amide bonds. The van der Waals surface area contributed by atoms with Gasteiger partial charge in [-0.15, -0.1) is 0 Å². The minimum atomic E-state index is -0.280. The van der Waals surface area contributed by atoms with Crippen molar-refractivity contribution in [2.45, 2.75) is 52.1 Å². The van der Waals surface area contributed by atoms with Crippen LogP contribution in [0.4, 0.5) is 0 Å². The molecule has 0 saturated carbocycles. The lowest BCUT2D eigenvalue weighted by Crippen LogP contribution is -2.37. The molecule has 1 saturated heterocycles. The summed E-state index contributed by atoms with van der Waals surface area (Å²) in [5, 5.41) is 0. The maximum Gasteiger partial charge on any atom is 0.158 e. The van der Waals surface area contributed by atoms with Crippen LogP contribution in [0.25, 0.3) is 0 Å². The number of aldehydes is 1. The van der Waals surface area contributed by atoms with Gasteiger partial charge in [-0.3, -0.25) is 0 Å². The molecule has 1 aliphatic rings. The number of rotatable bonds is 3. The van der Waals surface area contributed by atoms with Crippen LogP contribution in [-0.2, 0) is 14.3 Å². The molecule has 0 aromatic rings. The van der Waals surface area contributed by atoms with Crippen LogP contribution in [0.5, 0.6) is 0 Å². The van der Waals surface area contributed by atoms with Gasteiger partial charge in [0.15, 0.2) is 6.29 Å². The lowest BCUT2D eigenvalue weighted by molar-refractivity contribution is -0.215. The van der Waals surface area contributed by atoms with E-state index in [0.29, 0.717) is 5.92 Å². The molecule has 1 fully saturated rings. The Kier molecular flexibility index (Phi) is 3.88. The first-order valence-electron chi connectivity index (χ1n) is 4.89. The van der Waals surface area contributed by atoms with Gasteiger partial charge < -0.3 is 14.3 Å². The highest BCUT2D eigenvalue weighted by atomic mass is 16.7. The molecule has 3 atom stereocenters. The molecule has 1 aliphatic heterocycles. The van der Waals surface area contributed by atoms with E-state index in [2.05, 4.69) is 0 Å². The maximum absolute atomic E-state index is 10.6. The Balaban J connectivity index is 2.40. The van der Waals surface area contributed by atoms with Crippen molar-refractivity contribution in [1.29, 1.82) is 0 Å². The zero-order valence-corrected chi connectivity index (χ0v) is 8.53. The van der Waals surface area contributed by atoms with Gasteiger partial charge in [0.05, 0.1) is 6.10 Å². The van der Waals surface area contributed by atoms with Crippen molar-refractivity contribution < 1.29 is 14.3 Å². The van der Waals surface area contributed by atoms with Gasteiger partial charge in [0, 0.05) is 0 Å². The van der Waals surface area contributed by atoms with Crippen molar-refractivity contribution in [2.24, 2.45) is 5.92 Å². The lowest BCUT2D eigenvalue weighted by Gasteiger charge is -2.32. The minimum absolute atomic E-state index is 0.158. The highest BCUT2D eigenvalue weighted by molar-refractivity contribution is 5.56. The van der Waals surface area contributed by atoms with E-state index in [0.717, 1.165) is 19.1 Å². The molecule has 0 radical (unpaired) electrons. The highest BCUT2D eigenvalue weighted by Gasteiger charge is 2.28. The fraction of sp³-hybridized carbons (Fsp3) is 0.900. The Hall–Kier alpha value is -0.410. The molecule has 76 valence electrons. The van der Waals surface area contributed by atoms with Gasteiger partial charge in [0.2, 0.25) is 0 Å². The molecule has 0 bridgehead atoms. The molecule has 0 aromatic heterocycles. The summed E-state index contributed by atoms with van der Waals surface area (Å²) >= 11 is 0. The molecular formula is C10H18O3. The average molecular weight is 186 g/mol. The van der Waals surface area contributed by atoms with E-state index >= 15 is 0 Å². The van der Waals surface area contributed by atoms with Crippen LogP contribution in [0.2, 0.25) is 0 Å². The zero-order valence-electron chi connectivity index (χ0n) is 8.53. The molecule has 1 rings (SSSR count). The summed E-state index contributed by atoms with van der Waals surface area (Å²) in [7, 11) is 0. The summed E-state index contributed by atoms with van der Waals surface area (Å²) < 4.78 is 11.0. The minimum Gasteiger partial charge on any atom is -0.350 e. The van der Waals surface area contributed by atoms with Crippen molar-refractivity contribution in [3.8, 4) is 0 Å². The summed E-state index contributed by atoms with van der Waals surface area (Å²) in [5.41, 5.74) is 0. The van der Waals surface area contributed by atoms with Crippen LogP contribution in [0.1, 0.15) is 33.6 Å². The SMILES string of the molecule is CC(C)O[C@@H]1CC[C@H](C)[C@@H](C=O)O1. The number of carbonyl (C=O) groups excluding carboxylic acids is 1. The topological polar surface area (TPSA) is 35.5 Å². The van der Waals surface area contributed by atoms with Crippen LogP contribution < -0.4 is 0 Å². The smallest absolute Gasteiger partial charge is 0.158 e. The number of hydrogen-bond acceptors (Lipinski definition) is 3. The fourth-order valence-electron chi connectivity index (χ4n) is 1.51. The van der Waals surface area contributed by atoms with Crippen molar-refractivity contribution in [2.75, 3.05) is 0 Å². The van der Waals surface area contributed by atoms with Gasteiger partial charge in [-0.1, -0.05) is 6.92 Å². The molecule has 0 spiro atoms. The van der Waals surface area contributed by atoms with Crippen molar-refractivity contribution in [3.63, 3.8) is 0 Å². The monoisotopic (exact) mass is 186 g/mol. The Morgan fingerprint density at radius 3 is 2.69 bits per heavy atom. The van der Waals surface area contributed by atoms with Crippen LogP contribution in [0, 0.1) is 5.92 Å². The molecule has 0 unspecified atom stereocenters. The normalized spacial score (nSPS) is 34.9. The third kappa shape index (κ3) is 3.08. The number of hydrogen-bond donors (Lipinski definition) is 0. The molecule has 0 aromatic carbocycles. The molecule has 0 aliphatic carbocycles. The van der Waals surface area contributed by atoms with Crippen molar-refractivity contribution >= 4 is 6.29 Å². The Labute approximate surface area is 79.4 Å². The second kappa shape index (κ2) is 4.72. The zero-order chi connectivity index (χ0) is 9.84. The molecule has 3 heteroatoms. The average Bonchev–Trinajstić information content (AvgIpc) is 2.07. The van der Waals surface area contributed by atoms with Crippen LogP contribution in [0.3, 0.4) is 0 Å². The Morgan fingerprint density at radius 1 is 1.46 bits per heavy atom. The lowest BCUT2D eigenvalue weighted by atomic mass is 9.97. The Bertz CT molecular complexity index is 168. The summed E-state index contributed by atoms with van der Waals surface area (Å²) in [6, 6.07) is 0. The largest absolute Gasteiger partial charge is 0.350 e. The van der Waals surface area contributed by atoms with Crippen LogP contribution in [0.15, 0.2) is 0 Å². The molecule has 1 heterocycles. The molecular weight excluding hydrogens is 168 g/mol. The standard InChI is InChI=1S/C10H18O3/c1-7(2)12-10-5-4-8(3)9(6-11)13-10/h6-10H,4-5H2,1-3H3/t8-,9+,10-/m0/s1. The summed E-state index contributed by atoms with van der Waals surface area (Å²) in [4.78, 5) is 10.6. The number of ether oxygens (including phenoxy) is 2. The van der Waals surface area contributed by atoms with Gasteiger partial charge in [-0.05, 0) is 32.6 Å². The summed E-state index contributed by atoms with van der Waals surface area (Å²) in [6.45, 7) is 5.97. The first kappa shape index (κ1) is 10.7. The van der Waals surface area contributed by atoms with E-state index in [1.165, 1.54) is 0 Å². The second-order valence-corrected chi connectivity index (χ2v) is 3.91. The van der Waals surface area contributed by atoms with Gasteiger partial charge in [0.1, 0.15) is 12.4 Å². The quantitative estimate of drug-likeness (QED) is 0.630. The van der Waals surface area contributed by atoms with Crippen molar-refractivity contribution in [3.05, 3.63) is 0 Å². The first-order valence-corrected chi connectivity index (χ1v) is 4.89. The van der Waals surface area contributed by atoms with E-state index in [9.17, 15) is 4.79 Å². The van der Waals surface area contributed by atoms with Gasteiger partial charge in [0.25, 0.3) is 0 Å². The third-order valence-electron chi connectivity index (χ3n) is 2.29. The second-order valence-electron chi connectivity index (χ2n) is 3.91. The van der Waals surface area contributed by atoms with Crippen LogP contribution in [-0.4, -0.2) is 24.8 Å². The maximum atomic E-state index is 10.6. The third-order valence-corrected chi connectivity index (χ3v) is 2.29. The van der Waals surface area contributed by atoms with E-state index in [-0.39, 0.29) is 18.5 Å². The predicted molar refractivity (Wildman–Crippen MR) is 49.3 cm³/mol. The van der Waals surface area contributed by atoms with E-state index < -0.39 is 0 Å². The molecule has 13 heavy (non-hydrogen) atoms. The molecule has 3 nitrogen and oxygen atoms in total. The van der Waals surface area contributed by atoms with Gasteiger partial charge in [-0.2, -0.15) is 0 Å². The highest BCUT2D eigenvalue weighted by Crippen LogP contribution is 2.24. The summed E-state index contributed by atoms with van der Waals surface area (Å²) in [5.74, 6) is 0.324. The predicted octanol–water partition coefficient (Wildman–Crippen LogP) is 1.75. The summed E-state index contributed by atoms with van der Waals surface area (Å²) in [6.07, 6.45) is 2.46. The first-order chi connectivity index (χ1) is 6.13. The fourth-order valence-corrected chi connectivity index (χ4v) is 1.51.